The second-order valence-corrected chi connectivity index (χ2v) is 28.7. The van der Waals surface area contributed by atoms with Crippen molar-refractivity contribution in [2.24, 2.45) is 45.3 Å². The van der Waals surface area contributed by atoms with Crippen LogP contribution >= 0.6 is 0 Å². The summed E-state index contributed by atoms with van der Waals surface area (Å²) < 4.78 is 59.9. The van der Waals surface area contributed by atoms with E-state index < -0.39 is 214 Å². The number of carbonyl (C=O) groups excluding carboxylic acids is 1. The van der Waals surface area contributed by atoms with Crippen LogP contribution in [0.3, 0.4) is 0 Å². The second kappa shape index (κ2) is 27.4. The van der Waals surface area contributed by atoms with Gasteiger partial charge in [0.1, 0.15) is 122 Å². The third-order valence-corrected chi connectivity index (χ3v) is 22.9. The molecule has 5 heterocycles. The van der Waals surface area contributed by atoms with Crippen LogP contribution in [0.25, 0.3) is 0 Å². The lowest BCUT2D eigenvalue weighted by Gasteiger charge is -2.65. The predicted octanol–water partition coefficient (Wildman–Crippen LogP) is -3.78. The minimum absolute atomic E-state index is 0.0257. The van der Waals surface area contributed by atoms with E-state index >= 15 is 4.79 Å². The van der Waals surface area contributed by atoms with E-state index in [9.17, 15) is 86.8 Å². The quantitative estimate of drug-likeness (QED) is 0.0520. The second-order valence-electron chi connectivity index (χ2n) is 28.7. The Labute approximate surface area is 518 Å². The van der Waals surface area contributed by atoms with Crippen LogP contribution < -0.4 is 0 Å². The number of hydrogen-bond acceptors (Lipinski definition) is 28. The molecule has 0 bridgehead atoms. The SMILES string of the molecule is CC[C@@H]1O[C@H](O[C@H]2[C@H](O[C@H](CC[C@@H](C)C3CC[C@@]4(C)C5CC=C6C(CC[C@H](O[C@@H]7O[C@H](CO)[C@@H](O[C@@H]8O[C@H](CO)[C@@H](O)[C@H](O)[C@H]8O)[C@H](O)[C@H]7O)C6(C)C)[C@]5(C)C(=O)C[C@]34C)C(C)(C)O)O[C@H](CO[C@H]3O[C@H](CO)[C@@H](O)[C@H](O)[C@H]3O)[C@@H](O)[C@@H]2O)[C@@H](O)[C@H](O)[C@H]1O. The first-order chi connectivity index (χ1) is 41.7. The molecular formula is C61H102O28. The van der Waals surface area contributed by atoms with Gasteiger partial charge in [-0.15, -0.1) is 0 Å². The number of Topliss-reactive ketones (excluding diaryl/α,β-unsaturated/α-hetero) is 1. The lowest BCUT2D eigenvalue weighted by molar-refractivity contribution is -0.379. The van der Waals surface area contributed by atoms with Gasteiger partial charge >= 0.3 is 0 Å². The van der Waals surface area contributed by atoms with Crippen LogP contribution in [0.4, 0.5) is 0 Å². The third kappa shape index (κ3) is 12.9. The monoisotopic (exact) mass is 1280 g/mol. The minimum atomic E-state index is -1.90. The first kappa shape index (κ1) is 71.6. The summed E-state index contributed by atoms with van der Waals surface area (Å²) in [5.41, 5.74) is -2.86. The Morgan fingerprint density at radius 3 is 1.62 bits per heavy atom. The fraction of sp³-hybridized carbons (Fsp3) is 0.951. The van der Waals surface area contributed by atoms with E-state index in [2.05, 4.69) is 33.8 Å². The normalized spacial score (nSPS) is 51.0. The van der Waals surface area contributed by atoms with Crippen molar-refractivity contribution in [1.82, 2.24) is 0 Å². The Hall–Kier alpha value is -1.67. The minimum Gasteiger partial charge on any atom is -0.394 e. The summed E-state index contributed by atoms with van der Waals surface area (Å²) in [5, 5.41) is 183. The molecule has 8 fully saturated rings. The molecule has 34 atom stereocenters. The van der Waals surface area contributed by atoms with Gasteiger partial charge < -0.3 is 134 Å². The number of hydrogen-bond donors (Lipinski definition) is 17. The van der Waals surface area contributed by atoms with E-state index in [1.165, 1.54) is 13.8 Å². The summed E-state index contributed by atoms with van der Waals surface area (Å²) >= 11 is 0. The van der Waals surface area contributed by atoms with Gasteiger partial charge in [0.15, 0.2) is 31.5 Å². The fourth-order valence-electron chi connectivity index (χ4n) is 17.0. The number of aliphatic hydroxyl groups is 17. The molecule has 514 valence electrons. The highest BCUT2D eigenvalue weighted by molar-refractivity contribution is 5.88. The van der Waals surface area contributed by atoms with E-state index in [0.29, 0.717) is 32.1 Å². The summed E-state index contributed by atoms with van der Waals surface area (Å²) in [7, 11) is 0. The van der Waals surface area contributed by atoms with E-state index in [4.69, 9.17) is 47.4 Å². The first-order valence-electron chi connectivity index (χ1n) is 31.8. The van der Waals surface area contributed by atoms with E-state index in [-0.39, 0.29) is 47.7 Å². The Bertz CT molecular complexity index is 2390. The molecule has 17 N–H and O–H groups in total. The molecule has 9 rings (SSSR count). The first-order valence-corrected chi connectivity index (χ1v) is 31.8. The van der Waals surface area contributed by atoms with Crippen LogP contribution in [-0.2, 0) is 52.2 Å². The molecule has 5 saturated heterocycles. The topological polar surface area (TPSA) is 453 Å². The average molecular weight is 1280 g/mol. The van der Waals surface area contributed by atoms with Crippen molar-refractivity contribution >= 4 is 5.78 Å². The maximum atomic E-state index is 15.4. The van der Waals surface area contributed by atoms with Gasteiger partial charge in [-0.3, -0.25) is 4.79 Å². The molecule has 0 amide bonds. The zero-order valence-electron chi connectivity index (χ0n) is 52.3. The molecular weight excluding hydrogens is 1180 g/mol. The lowest BCUT2D eigenvalue weighted by Crippen LogP contribution is -2.65. The van der Waals surface area contributed by atoms with E-state index in [1.54, 1.807) is 6.92 Å². The maximum Gasteiger partial charge on any atom is 0.187 e. The fourth-order valence-corrected chi connectivity index (χ4v) is 17.0. The number of ether oxygens (including phenoxy) is 10. The number of allylic oxidation sites excluding steroid dienone is 1. The number of rotatable bonds is 20. The van der Waals surface area contributed by atoms with Gasteiger partial charge in [0.25, 0.3) is 0 Å². The van der Waals surface area contributed by atoms with Gasteiger partial charge in [0, 0.05) is 17.3 Å². The molecule has 89 heavy (non-hydrogen) atoms. The molecule has 9 aliphatic rings. The lowest BCUT2D eigenvalue weighted by atomic mass is 9.38. The molecule has 3 saturated carbocycles. The summed E-state index contributed by atoms with van der Waals surface area (Å²) in [6, 6.07) is 0. The largest absolute Gasteiger partial charge is 0.394 e. The smallest absolute Gasteiger partial charge is 0.187 e. The number of carbonyl (C=O) groups is 1. The van der Waals surface area contributed by atoms with Crippen LogP contribution in [0.1, 0.15) is 120 Å². The molecule has 28 nitrogen and oxygen atoms in total. The predicted molar refractivity (Wildman–Crippen MR) is 302 cm³/mol. The molecule has 4 aliphatic carbocycles. The Morgan fingerprint density at radius 1 is 0.562 bits per heavy atom. The van der Waals surface area contributed by atoms with Crippen molar-refractivity contribution < 1.29 is 139 Å². The van der Waals surface area contributed by atoms with E-state index in [1.807, 2.05) is 13.8 Å². The van der Waals surface area contributed by atoms with Crippen molar-refractivity contribution in [2.75, 3.05) is 26.4 Å². The van der Waals surface area contributed by atoms with Crippen LogP contribution in [0.2, 0.25) is 0 Å². The third-order valence-electron chi connectivity index (χ3n) is 22.9. The highest BCUT2D eigenvalue weighted by atomic mass is 16.8. The molecule has 28 heteroatoms. The van der Waals surface area contributed by atoms with Gasteiger partial charge in [-0.25, -0.2) is 0 Å². The Morgan fingerprint density at radius 2 is 1.04 bits per heavy atom. The highest BCUT2D eigenvalue weighted by Crippen LogP contribution is 2.74. The van der Waals surface area contributed by atoms with Crippen LogP contribution in [-0.4, -0.2) is 290 Å². The van der Waals surface area contributed by atoms with Gasteiger partial charge in [-0.2, -0.15) is 0 Å². The molecule has 3 unspecified atom stereocenters. The molecule has 0 spiro atoms. The average Bonchev–Trinajstić information content (AvgIpc) is 1.66. The summed E-state index contributed by atoms with van der Waals surface area (Å²) in [6.45, 7) is 14.7. The van der Waals surface area contributed by atoms with E-state index in [0.717, 1.165) is 18.4 Å². The summed E-state index contributed by atoms with van der Waals surface area (Å²) in [4.78, 5) is 15.4. The molecule has 5 aliphatic heterocycles. The summed E-state index contributed by atoms with van der Waals surface area (Å²) in [6.07, 6.45) is -35.8. The van der Waals surface area contributed by atoms with Gasteiger partial charge in [-0.05, 0) is 99.7 Å². The van der Waals surface area contributed by atoms with Crippen LogP contribution in [0, 0.1) is 45.3 Å². The van der Waals surface area contributed by atoms with Crippen molar-refractivity contribution in [3.8, 4) is 0 Å². The number of fused-ring (bicyclic) bond motifs is 5. The van der Waals surface area contributed by atoms with Crippen LogP contribution in [0.5, 0.6) is 0 Å². The van der Waals surface area contributed by atoms with Crippen molar-refractivity contribution in [1.29, 1.82) is 0 Å². The van der Waals surface area contributed by atoms with Gasteiger partial charge in [0.2, 0.25) is 0 Å². The maximum absolute atomic E-state index is 15.4. The molecule has 0 aromatic rings. The van der Waals surface area contributed by atoms with Crippen molar-refractivity contribution in [3.05, 3.63) is 11.6 Å². The Balaban J connectivity index is 0.885. The zero-order chi connectivity index (χ0) is 65.5. The Kier molecular flexibility index (Phi) is 22.1. The molecule has 0 aromatic heterocycles. The van der Waals surface area contributed by atoms with Gasteiger partial charge in [0.05, 0.1) is 50.3 Å². The molecule has 0 aromatic carbocycles. The van der Waals surface area contributed by atoms with Crippen LogP contribution in [0.15, 0.2) is 11.6 Å². The number of aliphatic hydroxyl groups excluding tert-OH is 16. The highest BCUT2D eigenvalue weighted by Gasteiger charge is 2.71. The zero-order valence-corrected chi connectivity index (χ0v) is 52.3. The van der Waals surface area contributed by atoms with Crippen molar-refractivity contribution in [2.45, 2.75) is 291 Å². The van der Waals surface area contributed by atoms with Crippen molar-refractivity contribution in [3.63, 3.8) is 0 Å². The number of ketones is 1. The van der Waals surface area contributed by atoms with Gasteiger partial charge in [-0.1, -0.05) is 60.1 Å². The molecule has 0 radical (unpaired) electrons. The standard InChI is InChI=1S/C61H102O28/c1-10-28-37(66)41(70)47(76)54(81-28)89-51-44(73)40(69)32(23-80-52-46(75)42(71)38(67)29(20-62)82-52)85-56(51)87-36(58(5,6)79)15-11-24(2)25-17-18-59(7)33-14-12-26-27(61(33,9)34(65)19-60(25,59)8)13-16-35(57(26,3)4)86-53-49(78)45(74)50(31(22-64)84-53)88-55-48(77)43(72)39(68)30(21-63)83-55/h12,24-25,27-33,35-56,62-64,66-79H,10-11,13-23H2,1-9H3/t24-,25?,27?,28+,29-,30-,31-,32-,33?,35+,36-,37+,38-,39-,40-,41-,42+,43+,44+,45-,46-,47+,48-,49-,50-,51-,52+,53+,54-,55+,56+,59+,60-,61+/m1/s1. The summed E-state index contributed by atoms with van der Waals surface area (Å²) in [5.74, 6) is -0.0955.